The van der Waals surface area contributed by atoms with Gasteiger partial charge in [0.25, 0.3) is 11.8 Å². The Labute approximate surface area is 165 Å². The molecular formula is C20H19N3O4S. The van der Waals surface area contributed by atoms with Crippen LogP contribution in [0.2, 0.25) is 0 Å². The standard InChI is InChI=1S/C20H19N3O4S/c24-18(4-1-10-21-19(25)14-9-12-28-13-14)22-15-5-7-16(8-6-15)23-20(26)17-3-2-11-27-17/h2-3,5-9,11-13H,1,4,10H2,(H,21,25)(H,22,24)(H,23,26). The molecular weight excluding hydrogens is 378 g/mol. The minimum absolute atomic E-state index is 0.131. The van der Waals surface area contributed by atoms with Gasteiger partial charge in [0.15, 0.2) is 5.76 Å². The number of nitrogens with one attached hydrogen (secondary N) is 3. The van der Waals surface area contributed by atoms with Crippen LogP contribution < -0.4 is 16.0 Å². The van der Waals surface area contributed by atoms with E-state index in [4.69, 9.17) is 4.42 Å². The zero-order valence-electron chi connectivity index (χ0n) is 14.9. The molecule has 3 amide bonds. The van der Waals surface area contributed by atoms with Crippen molar-refractivity contribution in [1.82, 2.24) is 5.32 Å². The van der Waals surface area contributed by atoms with Crippen molar-refractivity contribution in [3.8, 4) is 0 Å². The van der Waals surface area contributed by atoms with E-state index in [0.717, 1.165) is 0 Å². The Morgan fingerprint density at radius 3 is 2.32 bits per heavy atom. The highest BCUT2D eigenvalue weighted by Crippen LogP contribution is 2.15. The van der Waals surface area contributed by atoms with E-state index in [1.165, 1.54) is 17.6 Å². The lowest BCUT2D eigenvalue weighted by molar-refractivity contribution is -0.116. The van der Waals surface area contributed by atoms with Crippen molar-refractivity contribution in [3.63, 3.8) is 0 Å². The zero-order chi connectivity index (χ0) is 19.8. The topological polar surface area (TPSA) is 100 Å². The summed E-state index contributed by atoms with van der Waals surface area (Å²) < 4.78 is 5.03. The number of carbonyl (C=O) groups excluding carboxylic acids is 3. The number of rotatable bonds is 8. The van der Waals surface area contributed by atoms with Crippen molar-refractivity contribution in [1.29, 1.82) is 0 Å². The van der Waals surface area contributed by atoms with Gasteiger partial charge in [0.05, 0.1) is 6.26 Å². The summed E-state index contributed by atoms with van der Waals surface area (Å²) in [5.74, 6) is -0.388. The molecule has 0 spiro atoms. The number of carbonyl (C=O) groups is 3. The van der Waals surface area contributed by atoms with Crippen LogP contribution in [0.4, 0.5) is 11.4 Å². The lowest BCUT2D eigenvalue weighted by Crippen LogP contribution is -2.25. The lowest BCUT2D eigenvalue weighted by atomic mass is 10.2. The molecule has 28 heavy (non-hydrogen) atoms. The van der Waals surface area contributed by atoms with Gasteiger partial charge in [0.1, 0.15) is 0 Å². The van der Waals surface area contributed by atoms with Gasteiger partial charge in [-0.3, -0.25) is 14.4 Å². The largest absolute Gasteiger partial charge is 0.459 e. The fraction of sp³-hybridized carbons (Fsp3) is 0.150. The first-order valence-electron chi connectivity index (χ1n) is 8.67. The van der Waals surface area contributed by atoms with E-state index in [-0.39, 0.29) is 23.5 Å². The zero-order valence-corrected chi connectivity index (χ0v) is 15.8. The Kier molecular flexibility index (Phi) is 6.59. The van der Waals surface area contributed by atoms with Crippen LogP contribution in [0.25, 0.3) is 0 Å². The molecule has 1 aromatic carbocycles. The second kappa shape index (κ2) is 9.52. The van der Waals surface area contributed by atoms with Crippen LogP contribution in [0.15, 0.2) is 63.9 Å². The molecule has 7 nitrogen and oxygen atoms in total. The van der Waals surface area contributed by atoms with E-state index >= 15 is 0 Å². The van der Waals surface area contributed by atoms with Gasteiger partial charge >= 0.3 is 0 Å². The summed E-state index contributed by atoms with van der Waals surface area (Å²) in [4.78, 5) is 35.7. The molecule has 2 heterocycles. The van der Waals surface area contributed by atoms with Crippen LogP contribution in [0.5, 0.6) is 0 Å². The first-order valence-corrected chi connectivity index (χ1v) is 9.61. The van der Waals surface area contributed by atoms with E-state index in [1.807, 2.05) is 5.38 Å². The molecule has 0 fully saturated rings. The van der Waals surface area contributed by atoms with Gasteiger partial charge in [-0.2, -0.15) is 11.3 Å². The van der Waals surface area contributed by atoms with Gasteiger partial charge in [-0.15, -0.1) is 0 Å². The molecule has 0 aliphatic rings. The molecule has 0 radical (unpaired) electrons. The second-order valence-corrected chi connectivity index (χ2v) is 6.71. The first-order chi connectivity index (χ1) is 13.6. The molecule has 3 aromatic rings. The lowest BCUT2D eigenvalue weighted by Gasteiger charge is -2.08. The molecule has 3 N–H and O–H groups in total. The molecule has 0 aliphatic carbocycles. The highest BCUT2D eigenvalue weighted by atomic mass is 32.1. The van der Waals surface area contributed by atoms with Gasteiger partial charge in [0, 0.05) is 35.3 Å². The monoisotopic (exact) mass is 397 g/mol. The third-order valence-electron chi connectivity index (χ3n) is 3.82. The van der Waals surface area contributed by atoms with E-state index in [9.17, 15) is 14.4 Å². The van der Waals surface area contributed by atoms with Crippen LogP contribution in [-0.4, -0.2) is 24.3 Å². The first kappa shape index (κ1) is 19.4. The Hall–Kier alpha value is -3.39. The molecule has 0 aliphatic heterocycles. The molecule has 0 unspecified atom stereocenters. The fourth-order valence-corrected chi connectivity index (χ4v) is 3.04. The Bertz CT molecular complexity index is 919. The Morgan fingerprint density at radius 1 is 0.929 bits per heavy atom. The Morgan fingerprint density at radius 2 is 1.68 bits per heavy atom. The number of hydrogen-bond acceptors (Lipinski definition) is 5. The second-order valence-electron chi connectivity index (χ2n) is 5.93. The molecule has 2 aromatic heterocycles. The van der Waals surface area contributed by atoms with Crippen molar-refractivity contribution in [2.75, 3.05) is 17.2 Å². The SMILES string of the molecule is O=C(CCCNC(=O)c1ccsc1)Nc1ccc(NC(=O)c2ccco2)cc1. The summed E-state index contributed by atoms with van der Waals surface area (Å²) in [6.45, 7) is 0.430. The highest BCUT2D eigenvalue weighted by Gasteiger charge is 2.09. The predicted octanol–water partition coefficient (Wildman–Crippen LogP) is 3.74. The third-order valence-corrected chi connectivity index (χ3v) is 4.50. The maximum absolute atomic E-state index is 12.0. The maximum atomic E-state index is 12.0. The average Bonchev–Trinajstić information content (AvgIpc) is 3.40. The molecule has 0 saturated heterocycles. The highest BCUT2D eigenvalue weighted by molar-refractivity contribution is 7.08. The molecule has 3 rings (SSSR count). The van der Waals surface area contributed by atoms with E-state index in [0.29, 0.717) is 36.3 Å². The normalized spacial score (nSPS) is 10.3. The number of benzene rings is 1. The van der Waals surface area contributed by atoms with Crippen LogP contribution in [0, 0.1) is 0 Å². The molecule has 0 saturated carbocycles. The minimum Gasteiger partial charge on any atom is -0.459 e. The van der Waals surface area contributed by atoms with Crippen LogP contribution in [0.3, 0.4) is 0 Å². The Balaban J connectivity index is 1.38. The predicted molar refractivity (Wildman–Crippen MR) is 108 cm³/mol. The smallest absolute Gasteiger partial charge is 0.291 e. The van der Waals surface area contributed by atoms with Gasteiger partial charge < -0.3 is 20.4 Å². The number of hydrogen-bond donors (Lipinski definition) is 3. The summed E-state index contributed by atoms with van der Waals surface area (Å²) in [7, 11) is 0. The van der Waals surface area contributed by atoms with Crippen molar-refractivity contribution in [3.05, 3.63) is 70.8 Å². The van der Waals surface area contributed by atoms with E-state index < -0.39 is 0 Å². The number of anilines is 2. The van der Waals surface area contributed by atoms with E-state index in [1.54, 1.807) is 47.8 Å². The molecule has 0 atom stereocenters. The van der Waals surface area contributed by atoms with Crippen molar-refractivity contribution in [2.45, 2.75) is 12.8 Å². The quantitative estimate of drug-likeness (QED) is 0.504. The number of amides is 3. The summed E-state index contributed by atoms with van der Waals surface area (Å²) in [6, 6.07) is 11.8. The maximum Gasteiger partial charge on any atom is 0.291 e. The van der Waals surface area contributed by atoms with Crippen molar-refractivity contribution >= 4 is 40.4 Å². The molecule has 144 valence electrons. The van der Waals surface area contributed by atoms with Crippen molar-refractivity contribution < 1.29 is 18.8 Å². The molecule has 8 heteroatoms. The van der Waals surface area contributed by atoms with Crippen LogP contribution in [-0.2, 0) is 4.79 Å². The third kappa shape index (κ3) is 5.55. The summed E-state index contributed by atoms with van der Waals surface area (Å²) in [6.07, 6.45) is 2.26. The number of thiophene rings is 1. The summed E-state index contributed by atoms with van der Waals surface area (Å²) in [5.41, 5.74) is 1.85. The van der Waals surface area contributed by atoms with Crippen molar-refractivity contribution in [2.24, 2.45) is 0 Å². The molecule has 0 bridgehead atoms. The van der Waals surface area contributed by atoms with Crippen LogP contribution in [0.1, 0.15) is 33.8 Å². The van der Waals surface area contributed by atoms with Gasteiger partial charge in [-0.25, -0.2) is 0 Å². The van der Waals surface area contributed by atoms with Gasteiger partial charge in [-0.05, 0) is 54.3 Å². The minimum atomic E-state index is -0.341. The van der Waals surface area contributed by atoms with E-state index in [2.05, 4.69) is 16.0 Å². The van der Waals surface area contributed by atoms with Crippen LogP contribution >= 0.6 is 11.3 Å². The summed E-state index contributed by atoms with van der Waals surface area (Å²) in [5, 5.41) is 11.9. The van der Waals surface area contributed by atoms with Gasteiger partial charge in [0.2, 0.25) is 5.91 Å². The van der Waals surface area contributed by atoms with Gasteiger partial charge in [-0.1, -0.05) is 0 Å². The number of furan rings is 1. The fourth-order valence-electron chi connectivity index (χ4n) is 2.41. The average molecular weight is 397 g/mol. The summed E-state index contributed by atoms with van der Waals surface area (Å²) >= 11 is 1.46.